The van der Waals surface area contributed by atoms with E-state index in [0.717, 1.165) is 36.1 Å². The number of nitriles is 1. The van der Waals surface area contributed by atoms with Crippen LogP contribution in [0.2, 0.25) is 0 Å². The number of nitrogens with zero attached hydrogens (tertiary/aromatic N) is 2. The highest BCUT2D eigenvalue weighted by Gasteiger charge is 2.41. The monoisotopic (exact) mass is 372 g/mol. The van der Waals surface area contributed by atoms with E-state index < -0.39 is 0 Å². The SMILES string of the molecule is Cc1cc(C#N)cc(C)c1C(=O)C1CC2CCCC(C1)N2Cc1ccccc1. The van der Waals surface area contributed by atoms with Crippen molar-refractivity contribution in [3.05, 3.63) is 70.3 Å². The molecule has 4 rings (SSSR count). The molecular weight excluding hydrogens is 344 g/mol. The first-order chi connectivity index (χ1) is 13.6. The minimum Gasteiger partial charge on any atom is -0.294 e. The minimum atomic E-state index is 0.104. The second-order valence-corrected chi connectivity index (χ2v) is 8.53. The van der Waals surface area contributed by atoms with E-state index >= 15 is 0 Å². The van der Waals surface area contributed by atoms with Crippen LogP contribution in [0.4, 0.5) is 0 Å². The lowest BCUT2D eigenvalue weighted by atomic mass is 9.74. The van der Waals surface area contributed by atoms with E-state index in [1.54, 1.807) is 0 Å². The maximum Gasteiger partial charge on any atom is 0.166 e. The van der Waals surface area contributed by atoms with Crippen LogP contribution in [-0.4, -0.2) is 22.8 Å². The lowest BCUT2D eigenvalue weighted by molar-refractivity contribution is 0.00902. The fourth-order valence-corrected chi connectivity index (χ4v) is 5.37. The van der Waals surface area contributed by atoms with Crippen LogP contribution < -0.4 is 0 Å². The first kappa shape index (κ1) is 18.9. The number of carbonyl (C=O) groups excluding carboxylic acids is 1. The summed E-state index contributed by atoms with van der Waals surface area (Å²) in [6.07, 6.45) is 5.58. The van der Waals surface area contributed by atoms with Crippen LogP contribution in [0.3, 0.4) is 0 Å². The number of hydrogen-bond acceptors (Lipinski definition) is 3. The number of piperidine rings is 2. The Morgan fingerprint density at radius 3 is 2.25 bits per heavy atom. The summed E-state index contributed by atoms with van der Waals surface area (Å²) in [4.78, 5) is 16.1. The quantitative estimate of drug-likeness (QED) is 0.694. The molecule has 0 radical (unpaired) electrons. The highest BCUT2D eigenvalue weighted by atomic mass is 16.1. The summed E-state index contributed by atoms with van der Waals surface area (Å²) in [5.74, 6) is 0.392. The van der Waals surface area contributed by atoms with E-state index in [1.165, 1.54) is 24.8 Å². The second-order valence-electron chi connectivity index (χ2n) is 8.53. The van der Waals surface area contributed by atoms with Gasteiger partial charge >= 0.3 is 0 Å². The van der Waals surface area contributed by atoms with E-state index in [0.29, 0.717) is 17.6 Å². The van der Waals surface area contributed by atoms with Crippen molar-refractivity contribution in [2.45, 2.75) is 64.6 Å². The molecule has 2 aliphatic heterocycles. The summed E-state index contributed by atoms with van der Waals surface area (Å²) < 4.78 is 0. The van der Waals surface area contributed by atoms with Gasteiger partial charge < -0.3 is 0 Å². The largest absolute Gasteiger partial charge is 0.294 e. The van der Waals surface area contributed by atoms with Gasteiger partial charge in [-0.15, -0.1) is 0 Å². The molecule has 2 aliphatic rings. The Balaban J connectivity index is 1.54. The Morgan fingerprint density at radius 2 is 1.68 bits per heavy atom. The molecule has 28 heavy (non-hydrogen) atoms. The number of carbonyl (C=O) groups is 1. The van der Waals surface area contributed by atoms with E-state index in [9.17, 15) is 10.1 Å². The number of Topliss-reactive ketones (excluding diaryl/α,β-unsaturated/α-hetero) is 1. The number of fused-ring (bicyclic) bond motifs is 2. The van der Waals surface area contributed by atoms with Gasteiger partial charge in [-0.3, -0.25) is 9.69 Å². The number of benzene rings is 2. The standard InChI is InChI=1S/C25H28N2O/c1-17-11-20(15-26)12-18(2)24(17)25(28)21-13-22-9-6-10-23(14-21)27(22)16-19-7-4-3-5-8-19/h3-5,7-8,11-12,21-23H,6,9-10,13-14,16H2,1-2H3. The van der Waals surface area contributed by atoms with Gasteiger partial charge in [0.25, 0.3) is 0 Å². The van der Waals surface area contributed by atoms with Gasteiger partial charge in [0, 0.05) is 30.1 Å². The molecule has 2 heterocycles. The molecular formula is C25H28N2O. The maximum absolute atomic E-state index is 13.4. The van der Waals surface area contributed by atoms with Crippen molar-refractivity contribution in [3.8, 4) is 6.07 Å². The Kier molecular flexibility index (Phi) is 5.33. The van der Waals surface area contributed by atoms with Crippen molar-refractivity contribution in [1.82, 2.24) is 4.90 Å². The number of rotatable bonds is 4. The summed E-state index contributed by atoms with van der Waals surface area (Å²) in [6, 6.07) is 17.6. The molecule has 2 saturated heterocycles. The van der Waals surface area contributed by atoms with Gasteiger partial charge in [-0.1, -0.05) is 36.8 Å². The van der Waals surface area contributed by atoms with Crippen LogP contribution in [0.15, 0.2) is 42.5 Å². The van der Waals surface area contributed by atoms with Crippen molar-refractivity contribution in [1.29, 1.82) is 5.26 Å². The third-order valence-electron chi connectivity index (χ3n) is 6.61. The molecule has 2 atom stereocenters. The number of hydrogen-bond donors (Lipinski definition) is 0. The van der Waals surface area contributed by atoms with Crippen LogP contribution >= 0.6 is 0 Å². The molecule has 2 unspecified atom stereocenters. The fourth-order valence-electron chi connectivity index (χ4n) is 5.37. The Bertz CT molecular complexity index is 875. The Morgan fingerprint density at radius 1 is 1.07 bits per heavy atom. The summed E-state index contributed by atoms with van der Waals surface area (Å²) >= 11 is 0. The van der Waals surface area contributed by atoms with Gasteiger partial charge in [0.15, 0.2) is 5.78 Å². The molecule has 0 aliphatic carbocycles. The van der Waals surface area contributed by atoms with Crippen LogP contribution in [0, 0.1) is 31.1 Å². The highest BCUT2D eigenvalue weighted by molar-refractivity contribution is 6.00. The molecule has 2 fully saturated rings. The van der Waals surface area contributed by atoms with Crippen molar-refractivity contribution in [3.63, 3.8) is 0 Å². The van der Waals surface area contributed by atoms with Crippen molar-refractivity contribution >= 4 is 5.78 Å². The zero-order valence-electron chi connectivity index (χ0n) is 16.8. The van der Waals surface area contributed by atoms with Crippen LogP contribution in [0.5, 0.6) is 0 Å². The molecule has 3 heteroatoms. The molecule has 2 bridgehead atoms. The van der Waals surface area contributed by atoms with E-state index in [1.807, 2.05) is 26.0 Å². The number of aryl methyl sites for hydroxylation is 2. The average molecular weight is 373 g/mol. The maximum atomic E-state index is 13.4. The van der Waals surface area contributed by atoms with Gasteiger partial charge in [0.2, 0.25) is 0 Å². The molecule has 3 nitrogen and oxygen atoms in total. The van der Waals surface area contributed by atoms with Crippen molar-refractivity contribution < 1.29 is 4.79 Å². The van der Waals surface area contributed by atoms with Crippen LogP contribution in [0.1, 0.15) is 64.7 Å². The lowest BCUT2D eigenvalue weighted by Gasteiger charge is -2.48. The molecule has 0 aromatic heterocycles. The summed E-state index contributed by atoms with van der Waals surface area (Å²) in [7, 11) is 0. The second kappa shape index (κ2) is 7.89. The zero-order chi connectivity index (χ0) is 19.7. The first-order valence-electron chi connectivity index (χ1n) is 10.4. The molecule has 144 valence electrons. The topological polar surface area (TPSA) is 44.1 Å². The predicted molar refractivity (Wildman–Crippen MR) is 111 cm³/mol. The summed E-state index contributed by atoms with van der Waals surface area (Å²) in [5, 5.41) is 9.18. The minimum absolute atomic E-state index is 0.104. The molecule has 0 spiro atoms. The third kappa shape index (κ3) is 3.62. The van der Waals surface area contributed by atoms with E-state index in [4.69, 9.17) is 0 Å². The normalized spacial score (nSPS) is 24.5. The zero-order valence-corrected chi connectivity index (χ0v) is 16.8. The summed E-state index contributed by atoms with van der Waals surface area (Å²) in [6.45, 7) is 4.92. The first-order valence-corrected chi connectivity index (χ1v) is 10.4. The van der Waals surface area contributed by atoms with Crippen LogP contribution in [0.25, 0.3) is 0 Å². The summed E-state index contributed by atoms with van der Waals surface area (Å²) in [5.41, 5.74) is 4.74. The fraction of sp³-hybridized carbons (Fsp3) is 0.440. The van der Waals surface area contributed by atoms with E-state index in [-0.39, 0.29) is 11.7 Å². The van der Waals surface area contributed by atoms with Crippen molar-refractivity contribution in [2.75, 3.05) is 0 Å². The van der Waals surface area contributed by atoms with Gasteiger partial charge in [0.1, 0.15) is 0 Å². The van der Waals surface area contributed by atoms with Crippen LogP contribution in [-0.2, 0) is 6.54 Å². The lowest BCUT2D eigenvalue weighted by Crippen LogP contribution is -2.52. The van der Waals surface area contributed by atoms with Gasteiger partial charge in [-0.05, 0) is 68.4 Å². The molecule has 2 aromatic rings. The Hall–Kier alpha value is -2.44. The molecule has 0 amide bonds. The molecule has 0 saturated carbocycles. The molecule has 2 aromatic carbocycles. The Labute approximate surface area is 168 Å². The molecule has 0 N–H and O–H groups in total. The van der Waals surface area contributed by atoms with E-state index in [2.05, 4.69) is 41.3 Å². The predicted octanol–water partition coefficient (Wildman–Crippen LogP) is 5.19. The van der Waals surface area contributed by atoms with Gasteiger partial charge in [-0.2, -0.15) is 5.26 Å². The third-order valence-corrected chi connectivity index (χ3v) is 6.61. The number of ketones is 1. The van der Waals surface area contributed by atoms with Gasteiger partial charge in [0.05, 0.1) is 11.6 Å². The van der Waals surface area contributed by atoms with Crippen molar-refractivity contribution in [2.24, 2.45) is 5.92 Å². The van der Waals surface area contributed by atoms with Gasteiger partial charge in [-0.25, -0.2) is 0 Å². The average Bonchev–Trinajstić information content (AvgIpc) is 2.67. The highest BCUT2D eigenvalue weighted by Crippen LogP contribution is 2.39. The smallest absolute Gasteiger partial charge is 0.166 e.